The summed E-state index contributed by atoms with van der Waals surface area (Å²) in [5.74, 6) is 1.56. The normalized spacial score (nSPS) is 17.2. The lowest BCUT2D eigenvalue weighted by Gasteiger charge is -2.31. The largest absolute Gasteiger partial charge is 0.497 e. The van der Waals surface area contributed by atoms with Crippen LogP contribution in [0.1, 0.15) is 30.1 Å². The minimum atomic E-state index is 0.142. The molecule has 1 fully saturated rings. The number of hydrogen-bond acceptors (Lipinski definition) is 4. The molecule has 4 aromatic rings. The van der Waals surface area contributed by atoms with Gasteiger partial charge in [-0.1, -0.05) is 18.3 Å². The average molecular weight is 406 g/mol. The second kappa shape index (κ2) is 7.19. The lowest BCUT2D eigenvalue weighted by Crippen LogP contribution is -2.39. The summed E-state index contributed by atoms with van der Waals surface area (Å²) in [5, 5.41) is 0. The number of aromatic nitrogens is 2. The van der Waals surface area contributed by atoms with Crippen molar-refractivity contribution in [1.29, 1.82) is 0 Å². The third-order valence-corrected chi connectivity index (χ3v) is 6.69. The van der Waals surface area contributed by atoms with Gasteiger partial charge in [-0.15, -0.1) is 0 Å². The number of amides is 1. The van der Waals surface area contributed by atoms with Crippen molar-refractivity contribution in [2.45, 2.75) is 19.8 Å². The third-order valence-electron chi connectivity index (χ3n) is 5.67. The Morgan fingerprint density at radius 1 is 1.21 bits per heavy atom. The minimum absolute atomic E-state index is 0.142. The van der Waals surface area contributed by atoms with Gasteiger partial charge < -0.3 is 9.64 Å². The number of fused-ring (bicyclic) bond motifs is 3. The van der Waals surface area contributed by atoms with Crippen molar-refractivity contribution in [2.24, 2.45) is 5.92 Å². The van der Waals surface area contributed by atoms with Crippen LogP contribution in [0.2, 0.25) is 0 Å². The van der Waals surface area contributed by atoms with Gasteiger partial charge in [0.2, 0.25) is 0 Å². The monoisotopic (exact) mass is 405 g/mol. The molecule has 2 aromatic carbocycles. The summed E-state index contributed by atoms with van der Waals surface area (Å²) in [5.41, 5.74) is 3.84. The van der Waals surface area contributed by atoms with E-state index in [1.54, 1.807) is 18.4 Å². The molecule has 29 heavy (non-hydrogen) atoms. The SMILES string of the molecule is COc1ccc(-c2cn3c(n2)sc2cc(C(=O)N4CCC[C@H](C)C4)ccc23)cc1. The Bertz CT molecular complexity index is 1190. The molecule has 0 unspecified atom stereocenters. The van der Waals surface area contributed by atoms with Gasteiger partial charge in [-0.3, -0.25) is 9.20 Å². The zero-order valence-corrected chi connectivity index (χ0v) is 17.4. The van der Waals surface area contributed by atoms with Gasteiger partial charge in [-0.2, -0.15) is 0 Å². The molecular weight excluding hydrogens is 382 g/mol. The molecule has 0 aliphatic carbocycles. The molecule has 1 amide bonds. The Hall–Kier alpha value is -2.86. The van der Waals surface area contributed by atoms with Crippen molar-refractivity contribution in [1.82, 2.24) is 14.3 Å². The Kier molecular flexibility index (Phi) is 4.51. The summed E-state index contributed by atoms with van der Waals surface area (Å²) < 4.78 is 8.43. The van der Waals surface area contributed by atoms with E-state index < -0.39 is 0 Å². The molecule has 1 saturated heterocycles. The summed E-state index contributed by atoms with van der Waals surface area (Å²) in [7, 11) is 1.67. The highest BCUT2D eigenvalue weighted by Gasteiger charge is 2.22. The van der Waals surface area contributed by atoms with Crippen LogP contribution in [0.4, 0.5) is 0 Å². The van der Waals surface area contributed by atoms with Gasteiger partial charge in [0.05, 0.1) is 23.0 Å². The number of nitrogens with zero attached hydrogens (tertiary/aromatic N) is 3. The van der Waals surface area contributed by atoms with Crippen LogP contribution in [-0.2, 0) is 0 Å². The van der Waals surface area contributed by atoms with Crippen LogP contribution in [0.15, 0.2) is 48.7 Å². The fourth-order valence-electron chi connectivity index (χ4n) is 4.09. The van der Waals surface area contributed by atoms with Crippen LogP contribution >= 0.6 is 11.3 Å². The van der Waals surface area contributed by atoms with Gasteiger partial charge in [-0.25, -0.2) is 4.98 Å². The maximum absolute atomic E-state index is 12.9. The van der Waals surface area contributed by atoms with Crippen molar-refractivity contribution in [3.8, 4) is 17.0 Å². The number of methoxy groups -OCH3 is 1. The van der Waals surface area contributed by atoms with Crippen LogP contribution in [0, 0.1) is 5.92 Å². The zero-order chi connectivity index (χ0) is 20.0. The summed E-state index contributed by atoms with van der Waals surface area (Å²) in [6, 6.07) is 13.9. The number of hydrogen-bond donors (Lipinski definition) is 0. The summed E-state index contributed by atoms with van der Waals surface area (Å²) >= 11 is 1.62. The van der Waals surface area contributed by atoms with Crippen molar-refractivity contribution in [3.05, 3.63) is 54.2 Å². The van der Waals surface area contributed by atoms with E-state index in [9.17, 15) is 4.79 Å². The van der Waals surface area contributed by atoms with E-state index in [0.717, 1.165) is 57.3 Å². The van der Waals surface area contributed by atoms with Gasteiger partial charge in [0.25, 0.3) is 5.91 Å². The number of ether oxygens (including phenoxy) is 1. The standard InChI is InChI=1S/C23H23N3O2S/c1-15-4-3-11-25(13-15)22(27)17-7-10-20-21(12-17)29-23-24-19(14-26(20)23)16-5-8-18(28-2)9-6-16/h5-10,12,14-15H,3-4,11,13H2,1-2H3/t15-/m0/s1. The van der Waals surface area contributed by atoms with Gasteiger partial charge in [0, 0.05) is 30.4 Å². The molecule has 0 spiro atoms. The number of rotatable bonds is 3. The summed E-state index contributed by atoms with van der Waals surface area (Å²) in [6.07, 6.45) is 4.36. The number of thiazole rings is 1. The quantitative estimate of drug-likeness (QED) is 0.477. The molecule has 5 nitrogen and oxygen atoms in total. The van der Waals surface area contributed by atoms with E-state index in [1.165, 1.54) is 6.42 Å². The Morgan fingerprint density at radius 3 is 2.79 bits per heavy atom. The van der Waals surface area contributed by atoms with Crippen LogP contribution in [0.5, 0.6) is 5.75 Å². The average Bonchev–Trinajstić information content (AvgIpc) is 3.31. The Morgan fingerprint density at radius 2 is 2.03 bits per heavy atom. The molecule has 0 N–H and O–H groups in total. The van der Waals surface area contributed by atoms with Gasteiger partial charge in [-0.05, 0) is 61.2 Å². The van der Waals surface area contributed by atoms with Crippen molar-refractivity contribution in [2.75, 3.05) is 20.2 Å². The number of imidazole rings is 1. The smallest absolute Gasteiger partial charge is 0.253 e. The first-order chi connectivity index (χ1) is 14.1. The molecule has 148 valence electrons. The first kappa shape index (κ1) is 18.2. The van der Waals surface area contributed by atoms with E-state index in [4.69, 9.17) is 9.72 Å². The molecule has 0 bridgehead atoms. The fraction of sp³-hybridized carbons (Fsp3) is 0.304. The molecule has 5 rings (SSSR count). The topological polar surface area (TPSA) is 46.8 Å². The highest BCUT2D eigenvalue weighted by atomic mass is 32.1. The predicted molar refractivity (Wildman–Crippen MR) is 117 cm³/mol. The van der Waals surface area contributed by atoms with Crippen molar-refractivity contribution < 1.29 is 9.53 Å². The molecule has 2 aromatic heterocycles. The molecule has 3 heterocycles. The predicted octanol–water partition coefficient (Wildman–Crippen LogP) is 5.10. The van der Waals surface area contributed by atoms with E-state index in [-0.39, 0.29) is 5.91 Å². The first-order valence-corrected chi connectivity index (χ1v) is 10.8. The molecule has 0 radical (unpaired) electrons. The number of piperidine rings is 1. The van der Waals surface area contributed by atoms with Crippen LogP contribution in [-0.4, -0.2) is 40.4 Å². The van der Waals surface area contributed by atoms with Gasteiger partial charge in [0.15, 0.2) is 4.96 Å². The first-order valence-electron chi connectivity index (χ1n) is 9.98. The van der Waals surface area contributed by atoms with Crippen molar-refractivity contribution >= 4 is 32.4 Å². The van der Waals surface area contributed by atoms with E-state index in [2.05, 4.69) is 17.5 Å². The second-order valence-corrected chi connectivity index (χ2v) is 8.80. The van der Waals surface area contributed by atoms with Crippen LogP contribution in [0.25, 0.3) is 26.4 Å². The maximum Gasteiger partial charge on any atom is 0.253 e. The van der Waals surface area contributed by atoms with Gasteiger partial charge >= 0.3 is 0 Å². The molecule has 1 aliphatic rings. The molecular formula is C23H23N3O2S. The highest BCUT2D eigenvalue weighted by molar-refractivity contribution is 7.23. The molecule has 1 atom stereocenters. The number of benzene rings is 2. The lowest BCUT2D eigenvalue weighted by molar-refractivity contribution is 0.0683. The third kappa shape index (κ3) is 3.27. The molecule has 6 heteroatoms. The fourth-order valence-corrected chi connectivity index (χ4v) is 5.14. The van der Waals surface area contributed by atoms with Crippen molar-refractivity contribution in [3.63, 3.8) is 0 Å². The van der Waals surface area contributed by atoms with Crippen LogP contribution in [0.3, 0.4) is 0 Å². The molecule has 0 saturated carbocycles. The highest BCUT2D eigenvalue weighted by Crippen LogP contribution is 2.31. The Labute approximate surface area is 173 Å². The molecule has 1 aliphatic heterocycles. The minimum Gasteiger partial charge on any atom is -0.497 e. The summed E-state index contributed by atoms with van der Waals surface area (Å²) in [4.78, 5) is 20.7. The number of carbonyl (C=O) groups excluding carboxylic acids is 1. The van der Waals surface area contributed by atoms with E-state index in [0.29, 0.717) is 5.92 Å². The van der Waals surface area contributed by atoms with Gasteiger partial charge in [0.1, 0.15) is 5.75 Å². The zero-order valence-electron chi connectivity index (χ0n) is 16.6. The number of likely N-dealkylation sites (tertiary alicyclic amines) is 1. The maximum atomic E-state index is 12.9. The second-order valence-electron chi connectivity index (χ2n) is 7.79. The van der Waals surface area contributed by atoms with E-state index in [1.807, 2.05) is 47.4 Å². The number of carbonyl (C=O) groups is 1. The van der Waals surface area contributed by atoms with Crippen LogP contribution < -0.4 is 4.74 Å². The Balaban J connectivity index is 1.47. The summed E-state index contributed by atoms with van der Waals surface area (Å²) in [6.45, 7) is 3.94. The lowest BCUT2D eigenvalue weighted by atomic mass is 9.99. The van der Waals surface area contributed by atoms with E-state index >= 15 is 0 Å².